The number of halogens is 4. The van der Waals surface area contributed by atoms with Crippen LogP contribution in [0.1, 0.15) is 27.3 Å². The molecule has 3 heterocycles. The van der Waals surface area contributed by atoms with E-state index in [4.69, 9.17) is 16.7 Å². The minimum atomic E-state index is -4.50. The highest BCUT2D eigenvalue weighted by atomic mass is 35.5. The Balaban J connectivity index is 2.00. The van der Waals surface area contributed by atoms with Crippen LogP contribution in [0.5, 0.6) is 0 Å². The lowest BCUT2D eigenvalue weighted by Gasteiger charge is -2.07. The molecule has 3 aromatic rings. The molecule has 130 valence electrons. The summed E-state index contributed by atoms with van der Waals surface area (Å²) in [6.07, 6.45) is -2.27. The number of carbonyl (C=O) groups is 1. The zero-order valence-electron chi connectivity index (χ0n) is 12.7. The van der Waals surface area contributed by atoms with E-state index in [2.05, 4.69) is 15.1 Å². The molecule has 0 saturated heterocycles. The summed E-state index contributed by atoms with van der Waals surface area (Å²) in [5.41, 5.74) is 0.165. The van der Waals surface area contributed by atoms with Crippen molar-refractivity contribution in [2.45, 2.75) is 19.6 Å². The fourth-order valence-electron chi connectivity index (χ4n) is 2.39. The minimum absolute atomic E-state index is 0.0202. The first-order valence-electron chi connectivity index (χ1n) is 6.95. The molecule has 0 aliphatic heterocycles. The molecule has 0 unspecified atom stereocenters. The summed E-state index contributed by atoms with van der Waals surface area (Å²) in [6.45, 7) is 1.76. The molecule has 0 amide bonds. The zero-order chi connectivity index (χ0) is 18.4. The van der Waals surface area contributed by atoms with Crippen LogP contribution in [-0.4, -0.2) is 30.8 Å². The normalized spacial score (nSPS) is 11.9. The average Bonchev–Trinajstić information content (AvgIpc) is 2.84. The maximum Gasteiger partial charge on any atom is 0.433 e. The van der Waals surface area contributed by atoms with Crippen LogP contribution in [0.2, 0.25) is 5.02 Å². The van der Waals surface area contributed by atoms with E-state index in [1.54, 1.807) is 6.92 Å². The maximum absolute atomic E-state index is 12.6. The Kier molecular flexibility index (Phi) is 4.11. The average molecular weight is 371 g/mol. The van der Waals surface area contributed by atoms with Gasteiger partial charge in [0.2, 0.25) is 0 Å². The van der Waals surface area contributed by atoms with E-state index in [1.165, 1.54) is 10.7 Å². The number of fused-ring (bicyclic) bond motifs is 1. The van der Waals surface area contributed by atoms with Gasteiger partial charge in [-0.25, -0.2) is 14.5 Å². The van der Waals surface area contributed by atoms with Crippen LogP contribution in [0.15, 0.2) is 24.5 Å². The second kappa shape index (κ2) is 5.99. The highest BCUT2D eigenvalue weighted by molar-refractivity contribution is 6.38. The molecule has 0 bridgehead atoms. The van der Waals surface area contributed by atoms with Crippen LogP contribution < -0.4 is 0 Å². The van der Waals surface area contributed by atoms with Gasteiger partial charge in [-0.15, -0.1) is 0 Å². The molecule has 0 atom stereocenters. The quantitative estimate of drug-likeness (QED) is 0.762. The van der Waals surface area contributed by atoms with Gasteiger partial charge >= 0.3 is 12.1 Å². The fourth-order valence-corrected chi connectivity index (χ4v) is 2.74. The SMILES string of the molecule is Cc1nn(Cc2ccc(C(F)(F)F)nc2)c2ncc(C(=O)O)c(Cl)c12. The first kappa shape index (κ1) is 17.2. The maximum atomic E-state index is 12.6. The summed E-state index contributed by atoms with van der Waals surface area (Å²) in [6, 6.07) is 2.18. The van der Waals surface area contributed by atoms with Crippen molar-refractivity contribution in [1.29, 1.82) is 0 Å². The van der Waals surface area contributed by atoms with Gasteiger partial charge in [-0.1, -0.05) is 17.7 Å². The second-order valence-electron chi connectivity index (χ2n) is 5.28. The lowest BCUT2D eigenvalue weighted by molar-refractivity contribution is -0.141. The molecule has 10 heteroatoms. The van der Waals surface area contributed by atoms with Crippen LogP contribution in [0.3, 0.4) is 0 Å². The number of rotatable bonds is 3. The molecular formula is C15H10ClF3N4O2. The molecule has 25 heavy (non-hydrogen) atoms. The fraction of sp³-hybridized carbons (Fsp3) is 0.200. The predicted octanol–water partition coefficient (Wildman–Crippen LogP) is 3.55. The predicted molar refractivity (Wildman–Crippen MR) is 82.6 cm³/mol. The second-order valence-corrected chi connectivity index (χ2v) is 5.66. The third kappa shape index (κ3) is 3.14. The van der Waals surface area contributed by atoms with Crippen LogP contribution in [0, 0.1) is 6.92 Å². The number of hydrogen-bond acceptors (Lipinski definition) is 4. The number of alkyl halides is 3. The van der Waals surface area contributed by atoms with Crippen molar-refractivity contribution in [1.82, 2.24) is 19.7 Å². The molecule has 1 N–H and O–H groups in total. The van der Waals surface area contributed by atoms with Crippen molar-refractivity contribution in [2.24, 2.45) is 0 Å². The largest absolute Gasteiger partial charge is 0.478 e. The standard InChI is InChI=1S/C15H10ClF3N4O2/c1-7-11-12(16)9(14(24)25)5-21-13(11)23(22-7)6-8-2-3-10(20-4-8)15(17,18)19/h2-5H,6H2,1H3,(H,24,25). The first-order valence-corrected chi connectivity index (χ1v) is 7.33. The Morgan fingerprint density at radius 3 is 2.56 bits per heavy atom. The molecule has 3 rings (SSSR count). The lowest BCUT2D eigenvalue weighted by Crippen LogP contribution is -2.09. The van der Waals surface area contributed by atoms with E-state index in [9.17, 15) is 18.0 Å². The number of carboxylic acids is 1. The number of carboxylic acid groups (broad SMARTS) is 1. The lowest BCUT2D eigenvalue weighted by atomic mass is 10.2. The third-order valence-corrected chi connectivity index (χ3v) is 3.94. The van der Waals surface area contributed by atoms with E-state index >= 15 is 0 Å². The van der Waals surface area contributed by atoms with Crippen LogP contribution in [0.4, 0.5) is 13.2 Å². The van der Waals surface area contributed by atoms with Gasteiger partial charge in [-0.2, -0.15) is 18.3 Å². The van der Waals surface area contributed by atoms with Crippen molar-refractivity contribution in [3.8, 4) is 0 Å². The molecule has 0 saturated carbocycles. The summed E-state index contributed by atoms with van der Waals surface area (Å²) in [5, 5.41) is 13.8. The molecule has 0 radical (unpaired) electrons. The topological polar surface area (TPSA) is 80.9 Å². The molecule has 6 nitrogen and oxygen atoms in total. The zero-order valence-corrected chi connectivity index (χ0v) is 13.4. The Bertz CT molecular complexity index is 968. The summed E-state index contributed by atoms with van der Waals surface area (Å²) in [7, 11) is 0. The van der Waals surface area contributed by atoms with Crippen molar-refractivity contribution < 1.29 is 23.1 Å². The number of pyridine rings is 2. The minimum Gasteiger partial charge on any atom is -0.478 e. The van der Waals surface area contributed by atoms with Crippen LogP contribution >= 0.6 is 11.6 Å². The molecular weight excluding hydrogens is 361 g/mol. The van der Waals surface area contributed by atoms with Gasteiger partial charge in [0.05, 0.1) is 28.2 Å². The summed E-state index contributed by atoms with van der Waals surface area (Å²) >= 11 is 6.12. The van der Waals surface area contributed by atoms with Crippen LogP contribution in [-0.2, 0) is 12.7 Å². The Labute approximate surface area is 143 Å². The monoisotopic (exact) mass is 370 g/mol. The van der Waals surface area contributed by atoms with Crippen molar-refractivity contribution in [2.75, 3.05) is 0 Å². The van der Waals surface area contributed by atoms with E-state index < -0.39 is 17.8 Å². The number of hydrogen-bond donors (Lipinski definition) is 1. The van der Waals surface area contributed by atoms with Crippen molar-refractivity contribution in [3.63, 3.8) is 0 Å². The molecule has 3 aromatic heterocycles. The van der Waals surface area contributed by atoms with Gasteiger partial charge < -0.3 is 5.11 Å². The molecule has 0 aliphatic carbocycles. The Morgan fingerprint density at radius 1 is 1.28 bits per heavy atom. The Morgan fingerprint density at radius 2 is 2.00 bits per heavy atom. The molecule has 0 aromatic carbocycles. The number of aromatic carboxylic acids is 1. The number of aryl methyl sites for hydroxylation is 1. The van der Waals surface area contributed by atoms with Crippen molar-refractivity contribution >= 4 is 28.6 Å². The van der Waals surface area contributed by atoms with E-state index in [0.717, 1.165) is 18.5 Å². The highest BCUT2D eigenvalue weighted by Crippen LogP contribution is 2.29. The third-order valence-electron chi connectivity index (χ3n) is 3.55. The van der Waals surface area contributed by atoms with Gasteiger partial charge in [-0.05, 0) is 18.6 Å². The van der Waals surface area contributed by atoms with E-state index in [0.29, 0.717) is 22.3 Å². The molecule has 0 spiro atoms. The highest BCUT2D eigenvalue weighted by Gasteiger charge is 2.32. The van der Waals surface area contributed by atoms with Gasteiger partial charge in [-0.3, -0.25) is 4.98 Å². The van der Waals surface area contributed by atoms with E-state index in [-0.39, 0.29) is 17.1 Å². The Hall–Kier alpha value is -2.68. The van der Waals surface area contributed by atoms with Gasteiger partial charge in [0.25, 0.3) is 0 Å². The van der Waals surface area contributed by atoms with E-state index in [1.807, 2.05) is 0 Å². The smallest absolute Gasteiger partial charge is 0.433 e. The van der Waals surface area contributed by atoms with Gasteiger partial charge in [0.1, 0.15) is 5.69 Å². The first-order chi connectivity index (χ1) is 11.7. The molecule has 0 fully saturated rings. The van der Waals surface area contributed by atoms with Gasteiger partial charge in [0.15, 0.2) is 5.65 Å². The summed E-state index contributed by atoms with van der Waals surface area (Å²) < 4.78 is 39.1. The van der Waals surface area contributed by atoms with Gasteiger partial charge in [0, 0.05) is 12.4 Å². The molecule has 0 aliphatic rings. The van der Waals surface area contributed by atoms with Crippen molar-refractivity contribution in [3.05, 3.63) is 52.1 Å². The number of aromatic nitrogens is 4. The number of nitrogens with zero attached hydrogens (tertiary/aromatic N) is 4. The summed E-state index contributed by atoms with van der Waals surface area (Å²) in [5.74, 6) is -1.21. The summed E-state index contributed by atoms with van der Waals surface area (Å²) in [4.78, 5) is 18.6. The van der Waals surface area contributed by atoms with Crippen LogP contribution in [0.25, 0.3) is 11.0 Å².